The number of para-hydroxylation sites is 2. The van der Waals surface area contributed by atoms with Crippen LogP contribution in [0.5, 0.6) is 0 Å². The molecule has 0 unspecified atom stereocenters. The van der Waals surface area contributed by atoms with Gasteiger partial charge in [-0.05, 0) is 137 Å². The van der Waals surface area contributed by atoms with Crippen LogP contribution in [0.1, 0.15) is 0 Å². The first kappa shape index (κ1) is 43.0. The van der Waals surface area contributed by atoms with Gasteiger partial charge in [-0.2, -0.15) is 0 Å². The molecule has 16 aromatic rings. The van der Waals surface area contributed by atoms with Crippen LogP contribution in [0.4, 0.5) is 0 Å². The maximum absolute atomic E-state index is 4.43. The molecule has 6 heterocycles. The Balaban J connectivity index is 0.873. The van der Waals surface area contributed by atoms with Crippen molar-refractivity contribution in [2.24, 2.45) is 0 Å². The van der Waals surface area contributed by atoms with E-state index in [1.165, 1.54) is 117 Å². The van der Waals surface area contributed by atoms with Gasteiger partial charge in [0, 0.05) is 120 Å². The standard InChI is InChI=1S/C70H42N4S2/c1-4-23-63-53(18-1)58-36-46(48-14-10-32-71-41-48)26-29-65(58)73(63)51-16-7-12-43(34-51)45-28-31-68-60(38-45)62-40-50(39-61(70(62)76-68)57-22-9-21-56-55-20-3-6-25-67(55)75-69(56)57)44-13-8-17-52(35-44)74-64-24-5-2-19-54(64)59-37-47(27-30-66(59)74)49-15-11-33-72-42-49/h1-42H. The maximum atomic E-state index is 4.43. The summed E-state index contributed by atoms with van der Waals surface area (Å²) in [7, 11) is 0. The van der Waals surface area contributed by atoms with Gasteiger partial charge in [0.15, 0.2) is 0 Å². The third kappa shape index (κ3) is 6.75. The third-order valence-electron chi connectivity index (χ3n) is 15.5. The van der Waals surface area contributed by atoms with Gasteiger partial charge >= 0.3 is 0 Å². The van der Waals surface area contributed by atoms with E-state index in [0.717, 1.165) is 33.6 Å². The Hall–Kier alpha value is -9.46. The lowest BCUT2D eigenvalue weighted by molar-refractivity contribution is 1.18. The van der Waals surface area contributed by atoms with Crippen LogP contribution in [-0.2, 0) is 0 Å². The molecule has 76 heavy (non-hydrogen) atoms. The molecule has 0 aliphatic rings. The van der Waals surface area contributed by atoms with Gasteiger partial charge in [-0.3, -0.25) is 9.97 Å². The van der Waals surface area contributed by atoms with Crippen molar-refractivity contribution in [2.45, 2.75) is 0 Å². The number of nitrogens with zero attached hydrogens (tertiary/aromatic N) is 4. The molecule has 0 fully saturated rings. The van der Waals surface area contributed by atoms with Gasteiger partial charge in [0.05, 0.1) is 22.1 Å². The first-order valence-corrected chi connectivity index (χ1v) is 27.3. The van der Waals surface area contributed by atoms with Crippen molar-refractivity contribution in [1.29, 1.82) is 0 Å². The normalized spacial score (nSPS) is 11.9. The summed E-state index contributed by atoms with van der Waals surface area (Å²) in [6.07, 6.45) is 7.54. The average Bonchev–Trinajstić information content (AvgIpc) is 4.28. The highest BCUT2D eigenvalue weighted by molar-refractivity contribution is 7.27. The number of rotatable bonds is 7. The van der Waals surface area contributed by atoms with E-state index in [-0.39, 0.29) is 0 Å². The highest BCUT2D eigenvalue weighted by atomic mass is 32.1. The predicted molar refractivity (Wildman–Crippen MR) is 324 cm³/mol. The Morgan fingerprint density at radius 2 is 0.724 bits per heavy atom. The van der Waals surface area contributed by atoms with Crippen molar-refractivity contribution in [2.75, 3.05) is 0 Å². The van der Waals surface area contributed by atoms with E-state index >= 15 is 0 Å². The van der Waals surface area contributed by atoms with Gasteiger partial charge < -0.3 is 9.13 Å². The fourth-order valence-electron chi connectivity index (χ4n) is 12.0. The Kier molecular flexibility index (Phi) is 9.64. The molecule has 0 saturated carbocycles. The van der Waals surface area contributed by atoms with E-state index in [9.17, 15) is 0 Å². The highest BCUT2D eigenvalue weighted by Crippen LogP contribution is 2.48. The zero-order chi connectivity index (χ0) is 49.8. The fourth-order valence-corrected chi connectivity index (χ4v) is 14.4. The number of fused-ring (bicyclic) bond motifs is 12. The van der Waals surface area contributed by atoms with Crippen LogP contribution >= 0.6 is 22.7 Å². The van der Waals surface area contributed by atoms with Crippen molar-refractivity contribution in [3.63, 3.8) is 0 Å². The smallest absolute Gasteiger partial charge is 0.0541 e. The predicted octanol–water partition coefficient (Wildman–Crippen LogP) is 19.7. The first-order valence-electron chi connectivity index (χ1n) is 25.7. The molecule has 0 radical (unpaired) electrons. The molecule has 0 atom stereocenters. The molecule has 0 saturated heterocycles. The second-order valence-corrected chi connectivity index (χ2v) is 21.9. The second kappa shape index (κ2) is 17.0. The van der Waals surface area contributed by atoms with Crippen LogP contribution < -0.4 is 0 Å². The largest absolute Gasteiger partial charge is 0.309 e. The lowest BCUT2D eigenvalue weighted by Crippen LogP contribution is -1.94. The molecule has 16 rings (SSSR count). The van der Waals surface area contributed by atoms with Crippen LogP contribution in [-0.4, -0.2) is 19.1 Å². The Morgan fingerprint density at radius 3 is 1.36 bits per heavy atom. The average molecular weight is 1000 g/mol. The third-order valence-corrected chi connectivity index (χ3v) is 17.9. The Morgan fingerprint density at radius 1 is 0.263 bits per heavy atom. The van der Waals surface area contributed by atoms with E-state index in [1.54, 1.807) is 0 Å². The monoisotopic (exact) mass is 1000 g/mol. The molecule has 0 aliphatic carbocycles. The van der Waals surface area contributed by atoms with Crippen molar-refractivity contribution in [3.8, 4) is 67.0 Å². The lowest BCUT2D eigenvalue weighted by atomic mass is 9.94. The molecule has 6 aromatic heterocycles. The molecule has 0 bridgehead atoms. The number of pyridine rings is 2. The van der Waals surface area contributed by atoms with E-state index in [1.807, 2.05) is 59.6 Å². The van der Waals surface area contributed by atoms with E-state index in [4.69, 9.17) is 0 Å². The van der Waals surface area contributed by atoms with E-state index in [0.29, 0.717) is 0 Å². The van der Waals surface area contributed by atoms with Crippen molar-refractivity contribution < 1.29 is 0 Å². The summed E-state index contributed by atoms with van der Waals surface area (Å²) < 4.78 is 10.0. The minimum absolute atomic E-state index is 1.11. The van der Waals surface area contributed by atoms with Gasteiger partial charge in [0.25, 0.3) is 0 Å². The number of hydrogen-bond donors (Lipinski definition) is 0. The Labute approximate surface area is 445 Å². The molecule has 0 N–H and O–H groups in total. The van der Waals surface area contributed by atoms with Crippen LogP contribution in [0, 0.1) is 0 Å². The summed E-state index contributed by atoms with van der Waals surface area (Å²) >= 11 is 3.80. The van der Waals surface area contributed by atoms with Gasteiger partial charge in [-0.1, -0.05) is 127 Å². The topological polar surface area (TPSA) is 35.6 Å². The summed E-state index contributed by atoms with van der Waals surface area (Å²) in [5.41, 5.74) is 18.8. The van der Waals surface area contributed by atoms with E-state index < -0.39 is 0 Å². The molecule has 6 heteroatoms. The van der Waals surface area contributed by atoms with Gasteiger partial charge in [-0.25, -0.2) is 0 Å². The van der Waals surface area contributed by atoms with Gasteiger partial charge in [-0.15, -0.1) is 22.7 Å². The van der Waals surface area contributed by atoms with Crippen LogP contribution in [0.25, 0.3) is 151 Å². The minimum atomic E-state index is 1.11. The van der Waals surface area contributed by atoms with E-state index in [2.05, 4.69) is 237 Å². The lowest BCUT2D eigenvalue weighted by Gasteiger charge is -2.13. The quantitative estimate of drug-likeness (QED) is 0.159. The number of thiophene rings is 2. The summed E-state index contributed by atoms with van der Waals surface area (Å²) in [6, 6.07) is 85.3. The molecule has 0 spiro atoms. The zero-order valence-corrected chi connectivity index (χ0v) is 42.5. The molecular formula is C70H42N4S2. The summed E-state index contributed by atoms with van der Waals surface area (Å²) in [4.78, 5) is 8.84. The molecule has 10 aromatic carbocycles. The van der Waals surface area contributed by atoms with Crippen LogP contribution in [0.3, 0.4) is 0 Å². The summed E-state index contributed by atoms with van der Waals surface area (Å²) in [5, 5.41) is 10.0. The molecular weight excluding hydrogens is 961 g/mol. The SMILES string of the molecule is c1cncc(-c2ccc3c(c2)c2ccccc2n3-c2cccc(-c3ccc4sc5c(-c6cccc7c6sc6ccccc67)cc(-c6cccc(-n7c8ccccc8c8cc(-c9cccnc9)ccc87)c6)cc5c4c3)c2)c1. The van der Waals surface area contributed by atoms with Crippen LogP contribution in [0.2, 0.25) is 0 Å². The maximum Gasteiger partial charge on any atom is 0.0541 e. The Bertz CT molecular complexity index is 5000. The zero-order valence-electron chi connectivity index (χ0n) is 40.9. The number of aromatic nitrogens is 4. The highest BCUT2D eigenvalue weighted by Gasteiger charge is 2.21. The van der Waals surface area contributed by atoms with Crippen molar-refractivity contribution in [1.82, 2.24) is 19.1 Å². The molecule has 4 nitrogen and oxygen atoms in total. The molecule has 0 aliphatic heterocycles. The molecule has 0 amide bonds. The summed E-state index contributed by atoms with van der Waals surface area (Å²) in [6.45, 7) is 0. The number of hydrogen-bond acceptors (Lipinski definition) is 4. The van der Waals surface area contributed by atoms with Crippen LogP contribution in [0.15, 0.2) is 255 Å². The fraction of sp³-hybridized carbons (Fsp3) is 0. The first-order chi connectivity index (χ1) is 37.7. The minimum Gasteiger partial charge on any atom is -0.309 e. The van der Waals surface area contributed by atoms with Crippen molar-refractivity contribution in [3.05, 3.63) is 255 Å². The van der Waals surface area contributed by atoms with Crippen molar-refractivity contribution >= 4 is 107 Å². The second-order valence-electron chi connectivity index (χ2n) is 19.7. The van der Waals surface area contributed by atoms with Gasteiger partial charge in [0.2, 0.25) is 0 Å². The molecule has 354 valence electrons. The summed E-state index contributed by atoms with van der Waals surface area (Å²) in [5.74, 6) is 0. The van der Waals surface area contributed by atoms with Gasteiger partial charge in [0.1, 0.15) is 0 Å². The number of benzene rings is 10.